The molecule has 1 heterocycles. The van der Waals surface area contributed by atoms with Crippen LogP contribution >= 0.6 is 23.5 Å². The van der Waals surface area contributed by atoms with E-state index in [0.29, 0.717) is 58.4 Å². The van der Waals surface area contributed by atoms with Crippen molar-refractivity contribution in [1.82, 2.24) is 31.9 Å². The predicted octanol–water partition coefficient (Wildman–Crippen LogP) is -3.89. The van der Waals surface area contributed by atoms with E-state index < -0.39 is 84.3 Å². The average Bonchev–Trinajstić information content (AvgIpc) is 3.24. The van der Waals surface area contributed by atoms with Crippen LogP contribution in [-0.2, 0) is 57.3 Å². The van der Waals surface area contributed by atoms with Crippen molar-refractivity contribution < 1.29 is 57.3 Å². The molecule has 14 N–H and O–H groups in total. The van der Waals surface area contributed by atoms with E-state index in [1.165, 1.54) is 32.5 Å². The number of hydrogen-bond donors (Lipinski definition) is 10. The van der Waals surface area contributed by atoms with Crippen molar-refractivity contribution >= 4 is 76.5 Å². The quantitative estimate of drug-likeness (QED) is 0.0527. The van der Waals surface area contributed by atoms with Gasteiger partial charge in [-0.1, -0.05) is 18.2 Å². The van der Waals surface area contributed by atoms with Crippen molar-refractivity contribution in [2.45, 2.75) is 64.1 Å². The van der Waals surface area contributed by atoms with Crippen LogP contribution in [-0.4, -0.2) is 180 Å². The standard InChI is InChI=1S/C25H38N8O6S.C12H25N3O6.C2H6S/c1-13(26)22(36)32-19-12-40-11-18(25(39)30-14(2)21(27)35)31-23(37)15(3)29-20(34)10-28-24(38)16(4)33(19)17-8-6-5-7-9-17;13-1-3-18-5-7-20-8-6-19-4-2-15-12(17)10-21-9-11(14)16;1-3-2/h5-9,13-16,18-19H,10-12,26H2,1-4H3,(H2,27,35)(H,28,38)(H,29,34)(H,30,39)(H,31,37)(H,32,36);1-10,13H2,(H2,14,16)(H,15,17);1-2H3/t13-,14-,15-,16-,18-,19+;;/m0../s1. The van der Waals surface area contributed by atoms with Crippen LogP contribution in [0, 0.1) is 0 Å². The molecule has 8 amide bonds. The van der Waals surface area contributed by atoms with Crippen molar-refractivity contribution in [1.29, 1.82) is 0 Å². The first kappa shape index (κ1) is 59.2. The first-order valence-electron chi connectivity index (χ1n) is 20.3. The van der Waals surface area contributed by atoms with Gasteiger partial charge in [0.25, 0.3) is 0 Å². The number of benzene rings is 1. The Kier molecular flexibility index (Phi) is 32.9. The van der Waals surface area contributed by atoms with Gasteiger partial charge in [-0.05, 0) is 52.3 Å². The molecule has 1 aliphatic rings. The maximum Gasteiger partial charge on any atom is 0.246 e. The van der Waals surface area contributed by atoms with E-state index in [2.05, 4.69) is 31.9 Å². The summed E-state index contributed by atoms with van der Waals surface area (Å²) >= 11 is 2.97. The fourth-order valence-electron chi connectivity index (χ4n) is 4.91. The highest BCUT2D eigenvalue weighted by molar-refractivity contribution is 7.99. The van der Waals surface area contributed by atoms with Crippen LogP contribution in [0.3, 0.4) is 0 Å². The third-order valence-corrected chi connectivity index (χ3v) is 9.25. The second-order valence-electron chi connectivity index (χ2n) is 13.8. The van der Waals surface area contributed by atoms with Gasteiger partial charge in [0.1, 0.15) is 43.5 Å². The Morgan fingerprint density at radius 1 is 0.859 bits per heavy atom. The third kappa shape index (κ3) is 27.4. The van der Waals surface area contributed by atoms with E-state index in [0.717, 1.165) is 0 Å². The third-order valence-electron chi connectivity index (χ3n) is 8.13. The largest absolute Gasteiger partial charge is 0.378 e. The van der Waals surface area contributed by atoms with Crippen LogP contribution < -0.4 is 59.7 Å². The summed E-state index contributed by atoms with van der Waals surface area (Å²) in [6.07, 6.45) is 3.30. The number of thioether (sulfide) groups is 2. The number of nitrogens with two attached hydrogens (primary N) is 4. The second-order valence-corrected chi connectivity index (χ2v) is 15.7. The molecule has 0 spiro atoms. The van der Waals surface area contributed by atoms with Crippen LogP contribution in [0.25, 0.3) is 0 Å². The Balaban J connectivity index is 0.00000139. The first-order valence-corrected chi connectivity index (χ1v) is 23.1. The van der Waals surface area contributed by atoms with Gasteiger partial charge >= 0.3 is 0 Å². The molecule has 0 aliphatic carbocycles. The summed E-state index contributed by atoms with van der Waals surface area (Å²) in [7, 11) is 0. The summed E-state index contributed by atoms with van der Waals surface area (Å²) in [4.78, 5) is 98.8. The van der Waals surface area contributed by atoms with Gasteiger partial charge in [0.05, 0.1) is 52.2 Å². The lowest BCUT2D eigenvalue weighted by atomic mass is 10.1. The molecule has 2 rings (SSSR count). The van der Waals surface area contributed by atoms with Crippen LogP contribution in [0.4, 0.5) is 5.69 Å². The predicted molar refractivity (Wildman–Crippen MR) is 245 cm³/mol. The Bertz CT molecular complexity index is 1570. The van der Waals surface area contributed by atoms with Gasteiger partial charge in [-0.3, -0.25) is 38.4 Å². The van der Waals surface area contributed by atoms with E-state index in [-0.39, 0.29) is 30.6 Å². The van der Waals surface area contributed by atoms with Crippen molar-refractivity contribution in [3.63, 3.8) is 0 Å². The second kappa shape index (κ2) is 35.6. The lowest BCUT2D eigenvalue weighted by Crippen LogP contribution is -2.59. The molecular formula is C39H69N11O12S2. The molecular weight excluding hydrogens is 879 g/mol. The highest BCUT2D eigenvalue weighted by atomic mass is 32.2. The highest BCUT2D eigenvalue weighted by Crippen LogP contribution is 2.22. The zero-order valence-corrected chi connectivity index (χ0v) is 39.1. The highest BCUT2D eigenvalue weighted by Gasteiger charge is 2.33. The minimum atomic E-state index is -1.11. The number of hydrogen-bond acceptors (Lipinski definition) is 17. The molecule has 1 aromatic carbocycles. The SMILES string of the molecule is CSC.C[C@H](N)C(=O)N[C@H]1CSC[C@@H](C(=O)N[C@@H](C)C(N)=O)NC(=O)[C@H](C)NC(=O)CNC(=O)[C@H](C)N1c1ccccc1.NCCOCCOCCOCCNC(=O)COCC(N)=O. The number of ether oxygens (including phenoxy) is 4. The van der Waals surface area contributed by atoms with Gasteiger partial charge in [-0.2, -0.15) is 23.5 Å². The van der Waals surface area contributed by atoms with E-state index in [1.807, 2.05) is 12.5 Å². The molecule has 0 bridgehead atoms. The topological polar surface area (TPSA) is 353 Å². The fraction of sp³-hybridized carbons (Fsp3) is 0.641. The Morgan fingerprint density at radius 2 is 1.45 bits per heavy atom. The van der Waals surface area contributed by atoms with Gasteiger partial charge < -0.3 is 78.7 Å². The van der Waals surface area contributed by atoms with Crippen LogP contribution in [0.2, 0.25) is 0 Å². The van der Waals surface area contributed by atoms with E-state index >= 15 is 0 Å². The molecule has 1 saturated heterocycles. The van der Waals surface area contributed by atoms with Gasteiger partial charge in [-0.25, -0.2) is 0 Å². The molecule has 6 atom stereocenters. The zero-order chi connectivity index (χ0) is 48.5. The summed E-state index contributed by atoms with van der Waals surface area (Å²) in [6, 6.07) is 4.05. The lowest BCUT2D eigenvalue weighted by Gasteiger charge is -2.38. The number of carbonyl (C=O) groups excluding carboxylic acids is 8. The van der Waals surface area contributed by atoms with Crippen molar-refractivity contribution in [2.24, 2.45) is 22.9 Å². The first-order chi connectivity index (χ1) is 30.4. The van der Waals surface area contributed by atoms with Crippen LogP contribution in [0.15, 0.2) is 30.3 Å². The molecule has 1 aliphatic heterocycles. The van der Waals surface area contributed by atoms with Crippen molar-refractivity contribution in [3.05, 3.63) is 30.3 Å². The monoisotopic (exact) mass is 947 g/mol. The maximum atomic E-state index is 13.1. The number of primary amides is 2. The van der Waals surface area contributed by atoms with Crippen LogP contribution in [0.5, 0.6) is 0 Å². The summed E-state index contributed by atoms with van der Waals surface area (Å²) in [5.74, 6) is -4.39. The number of para-hydroxylation sites is 1. The molecule has 1 aromatic rings. The van der Waals surface area contributed by atoms with E-state index in [4.69, 9.17) is 41.9 Å². The molecule has 23 nitrogen and oxygen atoms in total. The Morgan fingerprint density at radius 3 is 2.02 bits per heavy atom. The zero-order valence-electron chi connectivity index (χ0n) is 37.5. The summed E-state index contributed by atoms with van der Waals surface area (Å²) in [5, 5.41) is 15.5. The fourth-order valence-corrected chi connectivity index (χ4v) is 5.98. The summed E-state index contributed by atoms with van der Waals surface area (Å²) in [5.41, 5.74) is 21.8. The molecule has 25 heteroatoms. The smallest absolute Gasteiger partial charge is 0.246 e. The number of amides is 8. The van der Waals surface area contributed by atoms with E-state index in [9.17, 15) is 38.4 Å². The average molecular weight is 948 g/mol. The molecule has 0 saturated carbocycles. The van der Waals surface area contributed by atoms with Gasteiger partial charge in [0, 0.05) is 30.3 Å². The number of anilines is 1. The normalized spacial score (nSPS) is 19.1. The molecule has 64 heavy (non-hydrogen) atoms. The van der Waals surface area contributed by atoms with E-state index in [1.54, 1.807) is 53.9 Å². The van der Waals surface area contributed by atoms with Crippen molar-refractivity contribution in [2.75, 3.05) is 101 Å². The lowest BCUT2D eigenvalue weighted by molar-refractivity contribution is -0.132. The van der Waals surface area contributed by atoms with Crippen molar-refractivity contribution in [3.8, 4) is 0 Å². The number of nitrogens with one attached hydrogen (secondary N) is 6. The maximum absolute atomic E-state index is 13.1. The Hall–Kier alpha value is -4.76. The van der Waals surface area contributed by atoms with Gasteiger partial charge in [-0.15, -0.1) is 0 Å². The molecule has 364 valence electrons. The summed E-state index contributed by atoms with van der Waals surface area (Å²) in [6.45, 7) is 8.78. The van der Waals surface area contributed by atoms with Gasteiger partial charge in [0.2, 0.25) is 47.3 Å². The number of rotatable bonds is 21. The Labute approximate surface area is 383 Å². The molecule has 0 radical (unpaired) electrons. The number of carbonyl (C=O) groups is 8. The molecule has 0 aromatic heterocycles. The van der Waals surface area contributed by atoms with Crippen LogP contribution in [0.1, 0.15) is 27.7 Å². The molecule has 0 unspecified atom stereocenters. The minimum Gasteiger partial charge on any atom is -0.378 e. The van der Waals surface area contributed by atoms with Gasteiger partial charge in [0.15, 0.2) is 0 Å². The molecule has 1 fully saturated rings. The number of nitrogens with zero attached hydrogens (tertiary/aromatic N) is 1. The summed E-state index contributed by atoms with van der Waals surface area (Å²) < 4.78 is 20.3. The minimum absolute atomic E-state index is 0.0253.